The molecule has 0 aromatic heterocycles. The van der Waals surface area contributed by atoms with Crippen molar-refractivity contribution in [3.63, 3.8) is 0 Å². The number of rotatable bonds is 5. The smallest absolute Gasteiger partial charge is 0.270 e. The summed E-state index contributed by atoms with van der Waals surface area (Å²) in [7, 11) is 0. The summed E-state index contributed by atoms with van der Waals surface area (Å²) in [6.45, 7) is 2.26. The van der Waals surface area contributed by atoms with E-state index in [2.05, 4.69) is 21.2 Å². The number of nitrogens with one attached hydrogen (secondary N) is 1. The number of hydrogen-bond donors (Lipinski definition) is 1. The lowest BCUT2D eigenvalue weighted by molar-refractivity contribution is -0.385. The molecule has 0 aliphatic heterocycles. The molecule has 1 unspecified atom stereocenters. The molecule has 0 aliphatic rings. The lowest BCUT2D eigenvalue weighted by Crippen LogP contribution is -2.19. The Morgan fingerprint density at radius 2 is 2.05 bits per heavy atom. The molecule has 0 spiro atoms. The number of halogens is 2. The van der Waals surface area contributed by atoms with Crippen LogP contribution in [0.2, 0.25) is 0 Å². The normalized spacial score (nSPS) is 12.1. The highest BCUT2D eigenvalue weighted by atomic mass is 79.9. The topological polar surface area (TPSA) is 55.2 Å². The van der Waals surface area contributed by atoms with E-state index >= 15 is 0 Å². The van der Waals surface area contributed by atoms with Gasteiger partial charge in [0.15, 0.2) is 0 Å². The predicted molar refractivity (Wildman–Crippen MR) is 82.5 cm³/mol. The van der Waals surface area contributed by atoms with Crippen molar-refractivity contribution in [1.82, 2.24) is 5.32 Å². The van der Waals surface area contributed by atoms with E-state index in [1.807, 2.05) is 6.92 Å². The Morgan fingerprint density at radius 1 is 1.33 bits per heavy atom. The van der Waals surface area contributed by atoms with Crippen LogP contribution in [0.15, 0.2) is 46.9 Å². The first-order chi connectivity index (χ1) is 9.97. The molecule has 0 amide bonds. The third-order valence-electron chi connectivity index (χ3n) is 3.14. The van der Waals surface area contributed by atoms with Crippen LogP contribution in [0.5, 0.6) is 0 Å². The second-order valence-corrected chi connectivity index (χ2v) is 5.61. The van der Waals surface area contributed by atoms with Gasteiger partial charge in [0, 0.05) is 34.8 Å². The van der Waals surface area contributed by atoms with Crippen molar-refractivity contribution in [3.8, 4) is 0 Å². The fourth-order valence-corrected chi connectivity index (χ4v) is 2.58. The van der Waals surface area contributed by atoms with Crippen molar-refractivity contribution in [2.24, 2.45) is 0 Å². The molecule has 4 nitrogen and oxygen atoms in total. The highest BCUT2D eigenvalue weighted by Crippen LogP contribution is 2.22. The van der Waals surface area contributed by atoms with Gasteiger partial charge in [-0.15, -0.1) is 0 Å². The molecule has 21 heavy (non-hydrogen) atoms. The van der Waals surface area contributed by atoms with Crippen molar-refractivity contribution in [2.45, 2.75) is 19.5 Å². The average Bonchev–Trinajstić information content (AvgIpc) is 2.44. The largest absolute Gasteiger partial charge is 0.306 e. The Kier molecular flexibility index (Phi) is 5.03. The fraction of sp³-hybridized carbons (Fsp3) is 0.200. The number of nitro benzene ring substituents is 1. The molecule has 2 rings (SSSR count). The standard InChI is InChI=1S/C15H14BrFN2O2/c1-10(14-4-2-3-5-15(14)17)18-9-11-6-12(16)8-13(7-11)19(20)21/h2-8,10,18H,9H2,1H3. The Hall–Kier alpha value is -1.79. The average molecular weight is 353 g/mol. The molecular weight excluding hydrogens is 339 g/mol. The van der Waals surface area contributed by atoms with Gasteiger partial charge in [-0.25, -0.2) is 4.39 Å². The van der Waals surface area contributed by atoms with E-state index in [4.69, 9.17) is 0 Å². The number of nitrogens with zero attached hydrogens (tertiary/aromatic N) is 1. The summed E-state index contributed by atoms with van der Waals surface area (Å²) in [4.78, 5) is 10.4. The van der Waals surface area contributed by atoms with Gasteiger partial charge < -0.3 is 5.32 Å². The van der Waals surface area contributed by atoms with E-state index in [1.165, 1.54) is 18.2 Å². The second-order valence-electron chi connectivity index (χ2n) is 4.70. The minimum atomic E-state index is -0.436. The first-order valence-electron chi connectivity index (χ1n) is 6.39. The molecule has 0 saturated carbocycles. The third kappa shape index (κ3) is 4.09. The molecule has 0 fully saturated rings. The first-order valence-corrected chi connectivity index (χ1v) is 7.18. The third-order valence-corrected chi connectivity index (χ3v) is 3.60. The zero-order chi connectivity index (χ0) is 15.4. The number of non-ortho nitro benzene ring substituents is 1. The van der Waals surface area contributed by atoms with Crippen molar-refractivity contribution < 1.29 is 9.31 Å². The minimum Gasteiger partial charge on any atom is -0.306 e. The van der Waals surface area contributed by atoms with Crippen molar-refractivity contribution >= 4 is 21.6 Å². The van der Waals surface area contributed by atoms with E-state index in [0.29, 0.717) is 16.6 Å². The summed E-state index contributed by atoms with van der Waals surface area (Å²) in [5.41, 5.74) is 1.36. The zero-order valence-corrected chi connectivity index (χ0v) is 12.9. The van der Waals surface area contributed by atoms with Gasteiger partial charge in [0.1, 0.15) is 5.82 Å². The molecule has 0 bridgehead atoms. The van der Waals surface area contributed by atoms with Crippen LogP contribution in [-0.4, -0.2) is 4.92 Å². The summed E-state index contributed by atoms with van der Waals surface area (Å²) < 4.78 is 14.3. The van der Waals surface area contributed by atoms with Crippen LogP contribution in [0.4, 0.5) is 10.1 Å². The molecule has 1 N–H and O–H groups in total. The molecule has 0 heterocycles. The van der Waals surface area contributed by atoms with Gasteiger partial charge in [-0.2, -0.15) is 0 Å². The van der Waals surface area contributed by atoms with Gasteiger partial charge in [0.2, 0.25) is 0 Å². The lowest BCUT2D eigenvalue weighted by Gasteiger charge is -2.15. The van der Waals surface area contributed by atoms with E-state index < -0.39 is 4.92 Å². The fourth-order valence-electron chi connectivity index (χ4n) is 2.05. The van der Waals surface area contributed by atoms with Gasteiger partial charge in [0.25, 0.3) is 5.69 Å². The van der Waals surface area contributed by atoms with Crippen LogP contribution in [-0.2, 0) is 6.54 Å². The Bertz CT molecular complexity index is 664. The van der Waals surface area contributed by atoms with E-state index in [9.17, 15) is 14.5 Å². The van der Waals surface area contributed by atoms with Gasteiger partial charge in [-0.1, -0.05) is 34.1 Å². The minimum absolute atomic E-state index is 0.0275. The van der Waals surface area contributed by atoms with E-state index in [1.54, 1.807) is 24.3 Å². The molecule has 1 atom stereocenters. The first kappa shape index (κ1) is 15.6. The molecule has 110 valence electrons. The van der Waals surface area contributed by atoms with Crippen LogP contribution in [0.3, 0.4) is 0 Å². The van der Waals surface area contributed by atoms with Gasteiger partial charge >= 0.3 is 0 Å². The maximum atomic E-state index is 13.7. The van der Waals surface area contributed by atoms with Crippen LogP contribution in [0.1, 0.15) is 24.1 Å². The Morgan fingerprint density at radius 3 is 2.71 bits per heavy atom. The second kappa shape index (κ2) is 6.78. The molecule has 2 aromatic carbocycles. The zero-order valence-electron chi connectivity index (χ0n) is 11.3. The van der Waals surface area contributed by atoms with Crippen LogP contribution in [0, 0.1) is 15.9 Å². The van der Waals surface area contributed by atoms with Gasteiger partial charge in [-0.3, -0.25) is 10.1 Å². The monoisotopic (exact) mass is 352 g/mol. The van der Waals surface area contributed by atoms with Crippen LogP contribution >= 0.6 is 15.9 Å². The highest BCUT2D eigenvalue weighted by Gasteiger charge is 2.12. The molecule has 0 saturated heterocycles. The summed E-state index contributed by atoms with van der Waals surface area (Å²) in [6, 6.07) is 11.1. The number of nitro groups is 1. The summed E-state index contributed by atoms with van der Waals surface area (Å²) >= 11 is 3.25. The van der Waals surface area contributed by atoms with Gasteiger partial charge in [0.05, 0.1) is 4.92 Å². The molecule has 0 aliphatic carbocycles. The van der Waals surface area contributed by atoms with Crippen molar-refractivity contribution in [2.75, 3.05) is 0 Å². The van der Waals surface area contributed by atoms with Crippen molar-refractivity contribution in [1.29, 1.82) is 0 Å². The van der Waals surface area contributed by atoms with E-state index in [-0.39, 0.29) is 17.5 Å². The summed E-state index contributed by atoms with van der Waals surface area (Å²) in [5.74, 6) is -0.266. The quantitative estimate of drug-likeness (QED) is 0.642. The molecule has 0 radical (unpaired) electrons. The predicted octanol–water partition coefficient (Wildman–Crippen LogP) is 4.35. The highest BCUT2D eigenvalue weighted by molar-refractivity contribution is 9.10. The Labute approximate surface area is 130 Å². The van der Waals surface area contributed by atoms with Crippen LogP contribution in [0.25, 0.3) is 0 Å². The van der Waals surface area contributed by atoms with Crippen LogP contribution < -0.4 is 5.32 Å². The SMILES string of the molecule is CC(NCc1cc(Br)cc([N+](=O)[O-])c1)c1ccccc1F. The maximum Gasteiger partial charge on any atom is 0.270 e. The molecule has 6 heteroatoms. The number of hydrogen-bond acceptors (Lipinski definition) is 3. The maximum absolute atomic E-state index is 13.7. The molecular formula is C15H14BrFN2O2. The Balaban J connectivity index is 2.09. The van der Waals surface area contributed by atoms with Gasteiger partial charge in [-0.05, 0) is 24.6 Å². The number of benzene rings is 2. The molecule has 2 aromatic rings. The van der Waals surface area contributed by atoms with E-state index in [0.717, 1.165) is 5.56 Å². The lowest BCUT2D eigenvalue weighted by atomic mass is 10.1. The van der Waals surface area contributed by atoms with Crippen molar-refractivity contribution in [3.05, 3.63) is 74.0 Å². The summed E-state index contributed by atoms with van der Waals surface area (Å²) in [5, 5.41) is 14.0. The summed E-state index contributed by atoms with van der Waals surface area (Å²) in [6.07, 6.45) is 0.